The number of rotatable bonds is 7. The van der Waals surface area contributed by atoms with Crippen LogP contribution in [-0.4, -0.2) is 51.3 Å². The van der Waals surface area contributed by atoms with Gasteiger partial charge in [-0.25, -0.2) is 0 Å². The number of carbonyl (C=O) groups excluding carboxylic acids is 1. The Bertz CT molecular complexity index is 787. The van der Waals surface area contributed by atoms with Crippen LogP contribution in [0.2, 0.25) is 0 Å². The first-order valence-corrected chi connectivity index (χ1v) is 9.51. The third-order valence-corrected chi connectivity index (χ3v) is 5.12. The first-order valence-electron chi connectivity index (χ1n) is 9.51. The molecule has 3 rings (SSSR count). The van der Waals surface area contributed by atoms with Gasteiger partial charge in [0.2, 0.25) is 0 Å². The number of likely N-dealkylation sites (tertiary alicyclic amines) is 1. The zero-order valence-electron chi connectivity index (χ0n) is 16.7. The smallest absolute Gasteiger partial charge is 0.255 e. The average Bonchev–Trinajstić information content (AvgIpc) is 2.74. The van der Waals surface area contributed by atoms with Gasteiger partial charge in [0.25, 0.3) is 5.91 Å². The van der Waals surface area contributed by atoms with Crippen LogP contribution in [0, 0.1) is 0 Å². The predicted molar refractivity (Wildman–Crippen MR) is 108 cm³/mol. The van der Waals surface area contributed by atoms with E-state index in [1.54, 1.807) is 33.5 Å². The van der Waals surface area contributed by atoms with Gasteiger partial charge in [0.1, 0.15) is 5.75 Å². The molecule has 0 radical (unpaired) electrons. The number of piperidine rings is 1. The molecule has 1 fully saturated rings. The highest BCUT2D eigenvalue weighted by Gasteiger charge is 2.24. The number of nitrogens with zero attached hydrogens (tertiary/aromatic N) is 1. The van der Waals surface area contributed by atoms with E-state index in [-0.39, 0.29) is 11.9 Å². The molecule has 150 valence electrons. The first kappa shape index (κ1) is 20.0. The molecule has 2 aromatic carbocycles. The lowest BCUT2D eigenvalue weighted by atomic mass is 10.0. The van der Waals surface area contributed by atoms with E-state index in [1.807, 2.05) is 6.07 Å². The lowest BCUT2D eigenvalue weighted by Crippen LogP contribution is -2.44. The van der Waals surface area contributed by atoms with Gasteiger partial charge in [-0.15, -0.1) is 0 Å². The van der Waals surface area contributed by atoms with E-state index in [9.17, 15) is 4.79 Å². The van der Waals surface area contributed by atoms with Gasteiger partial charge in [-0.1, -0.05) is 30.3 Å². The number of amides is 1. The number of nitrogens with one attached hydrogen (secondary N) is 1. The lowest BCUT2D eigenvalue weighted by molar-refractivity contribution is 0.0905. The molecular weight excluding hydrogens is 356 g/mol. The van der Waals surface area contributed by atoms with Crippen LogP contribution in [-0.2, 0) is 6.54 Å². The molecule has 28 heavy (non-hydrogen) atoms. The third-order valence-electron chi connectivity index (χ3n) is 5.12. The molecule has 6 heteroatoms. The minimum absolute atomic E-state index is 0.150. The maximum absolute atomic E-state index is 12.8. The van der Waals surface area contributed by atoms with Gasteiger partial charge < -0.3 is 19.5 Å². The van der Waals surface area contributed by atoms with E-state index in [0.29, 0.717) is 22.8 Å². The number of ether oxygens (including phenoxy) is 3. The largest absolute Gasteiger partial charge is 0.496 e. The Kier molecular flexibility index (Phi) is 6.76. The van der Waals surface area contributed by atoms with Crippen LogP contribution in [0.5, 0.6) is 17.2 Å². The van der Waals surface area contributed by atoms with Crippen molar-refractivity contribution in [2.45, 2.75) is 25.4 Å². The van der Waals surface area contributed by atoms with Crippen molar-refractivity contribution in [1.29, 1.82) is 0 Å². The summed E-state index contributed by atoms with van der Waals surface area (Å²) < 4.78 is 16.0. The Hall–Kier alpha value is -2.73. The standard InChI is InChI=1S/C22H28N2O4/c1-26-19-14-21(28-3)20(27-2)13-18(19)22(25)23-17-9-11-24(12-10-17)15-16-7-5-4-6-8-16/h4-8,13-14,17H,9-12,15H2,1-3H3,(H,23,25). The van der Waals surface area contributed by atoms with Crippen LogP contribution in [0.25, 0.3) is 0 Å². The van der Waals surface area contributed by atoms with Crippen molar-refractivity contribution in [1.82, 2.24) is 10.2 Å². The summed E-state index contributed by atoms with van der Waals surface area (Å²) in [7, 11) is 4.65. The van der Waals surface area contributed by atoms with Crippen LogP contribution in [0.1, 0.15) is 28.8 Å². The summed E-state index contributed by atoms with van der Waals surface area (Å²) in [6.45, 7) is 2.87. The van der Waals surface area contributed by atoms with Crippen molar-refractivity contribution < 1.29 is 19.0 Å². The second-order valence-corrected chi connectivity index (χ2v) is 6.92. The van der Waals surface area contributed by atoms with Crippen molar-refractivity contribution in [2.24, 2.45) is 0 Å². The van der Waals surface area contributed by atoms with Crippen LogP contribution in [0.4, 0.5) is 0 Å². The van der Waals surface area contributed by atoms with E-state index in [4.69, 9.17) is 14.2 Å². The summed E-state index contributed by atoms with van der Waals surface area (Å²) in [6.07, 6.45) is 1.85. The Morgan fingerprint density at radius 1 is 0.964 bits per heavy atom. The fourth-order valence-corrected chi connectivity index (χ4v) is 3.55. The van der Waals surface area contributed by atoms with Crippen molar-refractivity contribution in [3.05, 3.63) is 53.6 Å². The number of carbonyl (C=O) groups is 1. The number of hydrogen-bond acceptors (Lipinski definition) is 5. The molecule has 0 aliphatic carbocycles. The highest BCUT2D eigenvalue weighted by molar-refractivity contribution is 5.98. The molecule has 1 amide bonds. The minimum atomic E-state index is -0.153. The first-order chi connectivity index (χ1) is 13.6. The summed E-state index contributed by atoms with van der Waals surface area (Å²) in [4.78, 5) is 15.3. The van der Waals surface area contributed by atoms with Crippen LogP contribution in [0.3, 0.4) is 0 Å². The average molecular weight is 384 g/mol. The molecular formula is C22H28N2O4. The molecule has 0 spiro atoms. The fraction of sp³-hybridized carbons (Fsp3) is 0.409. The molecule has 0 unspecified atom stereocenters. The summed E-state index contributed by atoms with van der Waals surface area (Å²) in [5.74, 6) is 1.35. The zero-order valence-corrected chi connectivity index (χ0v) is 16.7. The Balaban J connectivity index is 1.60. The monoisotopic (exact) mass is 384 g/mol. The molecule has 6 nitrogen and oxygen atoms in total. The second-order valence-electron chi connectivity index (χ2n) is 6.92. The van der Waals surface area contributed by atoms with E-state index >= 15 is 0 Å². The minimum Gasteiger partial charge on any atom is -0.496 e. The second kappa shape index (κ2) is 9.46. The van der Waals surface area contributed by atoms with E-state index < -0.39 is 0 Å². The van der Waals surface area contributed by atoms with Gasteiger partial charge in [0.05, 0.1) is 26.9 Å². The van der Waals surface area contributed by atoms with Gasteiger partial charge in [0, 0.05) is 37.8 Å². The van der Waals surface area contributed by atoms with Crippen LogP contribution < -0.4 is 19.5 Å². The maximum atomic E-state index is 12.8. The summed E-state index contributed by atoms with van der Waals surface area (Å²) in [6, 6.07) is 14.0. The Labute approximate surface area is 166 Å². The molecule has 1 heterocycles. The van der Waals surface area contributed by atoms with E-state index in [2.05, 4.69) is 34.5 Å². The maximum Gasteiger partial charge on any atom is 0.255 e. The molecule has 0 atom stereocenters. The van der Waals surface area contributed by atoms with Gasteiger partial charge in [0.15, 0.2) is 11.5 Å². The highest BCUT2D eigenvalue weighted by atomic mass is 16.5. The third kappa shape index (κ3) is 4.75. The quantitative estimate of drug-likeness (QED) is 0.795. The molecule has 0 bridgehead atoms. The Morgan fingerprint density at radius 3 is 2.18 bits per heavy atom. The fourth-order valence-electron chi connectivity index (χ4n) is 3.55. The number of benzene rings is 2. The molecule has 0 saturated carbocycles. The van der Waals surface area contributed by atoms with Crippen molar-refractivity contribution in [3.8, 4) is 17.2 Å². The van der Waals surface area contributed by atoms with Crippen molar-refractivity contribution >= 4 is 5.91 Å². The predicted octanol–water partition coefficient (Wildman–Crippen LogP) is 3.11. The summed E-state index contributed by atoms with van der Waals surface area (Å²) >= 11 is 0. The summed E-state index contributed by atoms with van der Waals surface area (Å²) in [5, 5.41) is 3.14. The molecule has 1 saturated heterocycles. The SMILES string of the molecule is COc1cc(OC)c(C(=O)NC2CCN(Cc3ccccc3)CC2)cc1OC. The molecule has 1 N–H and O–H groups in total. The van der Waals surface area contributed by atoms with Gasteiger partial charge in [-0.2, -0.15) is 0 Å². The van der Waals surface area contributed by atoms with E-state index in [0.717, 1.165) is 32.5 Å². The molecule has 2 aromatic rings. The van der Waals surface area contributed by atoms with E-state index in [1.165, 1.54) is 5.56 Å². The van der Waals surface area contributed by atoms with Gasteiger partial charge in [-0.05, 0) is 18.4 Å². The highest BCUT2D eigenvalue weighted by Crippen LogP contribution is 2.34. The van der Waals surface area contributed by atoms with Crippen molar-refractivity contribution in [3.63, 3.8) is 0 Å². The molecule has 0 aromatic heterocycles. The summed E-state index contributed by atoms with van der Waals surface area (Å²) in [5.41, 5.74) is 1.77. The normalized spacial score (nSPS) is 15.1. The molecule has 1 aliphatic rings. The molecule has 1 aliphatic heterocycles. The Morgan fingerprint density at radius 2 is 1.57 bits per heavy atom. The van der Waals surface area contributed by atoms with Gasteiger partial charge in [-0.3, -0.25) is 9.69 Å². The zero-order chi connectivity index (χ0) is 19.9. The lowest BCUT2D eigenvalue weighted by Gasteiger charge is -2.32. The van der Waals surface area contributed by atoms with Crippen LogP contribution >= 0.6 is 0 Å². The number of methoxy groups -OCH3 is 3. The number of hydrogen-bond donors (Lipinski definition) is 1. The van der Waals surface area contributed by atoms with Crippen molar-refractivity contribution in [2.75, 3.05) is 34.4 Å². The van der Waals surface area contributed by atoms with Crippen LogP contribution in [0.15, 0.2) is 42.5 Å². The topological polar surface area (TPSA) is 60.0 Å². The van der Waals surface area contributed by atoms with Gasteiger partial charge >= 0.3 is 0 Å².